The van der Waals surface area contributed by atoms with E-state index in [1.54, 1.807) is 13.0 Å². The summed E-state index contributed by atoms with van der Waals surface area (Å²) in [5.41, 5.74) is 1.44. The molecule has 134 valence electrons. The number of rotatable bonds is 6. The molecule has 0 atom stereocenters. The summed E-state index contributed by atoms with van der Waals surface area (Å²) >= 11 is 1.34. The summed E-state index contributed by atoms with van der Waals surface area (Å²) in [4.78, 5) is 24.6. The first-order chi connectivity index (χ1) is 12.6. The van der Waals surface area contributed by atoms with Crippen molar-refractivity contribution < 1.29 is 19.1 Å². The monoisotopic (exact) mass is 369 g/mol. The smallest absolute Gasteiger partial charge is 0.341 e. The van der Waals surface area contributed by atoms with Crippen LogP contribution in [0, 0.1) is 6.92 Å². The molecule has 5 nitrogen and oxygen atoms in total. The van der Waals surface area contributed by atoms with Gasteiger partial charge in [-0.05, 0) is 37.6 Å². The number of thiophene rings is 1. The van der Waals surface area contributed by atoms with Crippen LogP contribution >= 0.6 is 11.3 Å². The van der Waals surface area contributed by atoms with Crippen LogP contribution in [0.15, 0.2) is 48.5 Å². The normalized spacial score (nSPS) is 10.5. The fourth-order valence-corrected chi connectivity index (χ4v) is 3.66. The lowest BCUT2D eigenvalue weighted by atomic mass is 10.1. The topological polar surface area (TPSA) is 64.6 Å². The van der Waals surface area contributed by atoms with Crippen LogP contribution in [0.4, 0.5) is 5.00 Å². The van der Waals surface area contributed by atoms with Gasteiger partial charge in [0.15, 0.2) is 6.61 Å². The highest BCUT2D eigenvalue weighted by Gasteiger charge is 2.21. The van der Waals surface area contributed by atoms with Gasteiger partial charge in [-0.3, -0.25) is 4.79 Å². The lowest BCUT2D eigenvalue weighted by Crippen LogP contribution is -2.21. The Kier molecular flexibility index (Phi) is 5.53. The van der Waals surface area contributed by atoms with Gasteiger partial charge < -0.3 is 14.8 Å². The molecule has 2 aromatic carbocycles. The predicted octanol–water partition coefficient (Wildman–Crippen LogP) is 4.40. The van der Waals surface area contributed by atoms with Crippen LogP contribution in [-0.2, 0) is 9.53 Å². The minimum Gasteiger partial charge on any atom is -0.484 e. The van der Waals surface area contributed by atoms with Gasteiger partial charge in [-0.25, -0.2) is 4.79 Å². The first kappa shape index (κ1) is 17.9. The molecule has 0 saturated heterocycles. The molecule has 0 aliphatic heterocycles. The van der Waals surface area contributed by atoms with Crippen molar-refractivity contribution in [3.05, 3.63) is 59.7 Å². The quantitative estimate of drug-likeness (QED) is 0.654. The van der Waals surface area contributed by atoms with Crippen LogP contribution < -0.4 is 10.1 Å². The van der Waals surface area contributed by atoms with Crippen LogP contribution in [-0.4, -0.2) is 25.1 Å². The van der Waals surface area contributed by atoms with E-state index in [0.29, 0.717) is 16.3 Å². The summed E-state index contributed by atoms with van der Waals surface area (Å²) in [6, 6.07) is 15.0. The van der Waals surface area contributed by atoms with E-state index in [0.717, 1.165) is 15.6 Å². The molecule has 3 aromatic rings. The largest absolute Gasteiger partial charge is 0.484 e. The zero-order valence-corrected chi connectivity index (χ0v) is 15.4. The van der Waals surface area contributed by atoms with E-state index < -0.39 is 5.97 Å². The lowest BCUT2D eigenvalue weighted by molar-refractivity contribution is -0.118. The Hall–Kier alpha value is -2.86. The molecule has 0 aliphatic rings. The van der Waals surface area contributed by atoms with Crippen molar-refractivity contribution in [2.24, 2.45) is 0 Å². The Labute approximate surface area is 155 Å². The molecule has 0 spiro atoms. The van der Waals surface area contributed by atoms with Gasteiger partial charge >= 0.3 is 5.97 Å². The SMILES string of the molecule is CCOC(=O)c1c(NC(=O)COc2cccc(C)c2)sc2ccccc12. The van der Waals surface area contributed by atoms with Gasteiger partial charge in [0.2, 0.25) is 0 Å². The van der Waals surface area contributed by atoms with Crippen molar-refractivity contribution in [3.8, 4) is 5.75 Å². The van der Waals surface area contributed by atoms with Crippen LogP contribution in [0.1, 0.15) is 22.8 Å². The first-order valence-electron chi connectivity index (χ1n) is 8.26. The van der Waals surface area contributed by atoms with Crippen LogP contribution in [0.5, 0.6) is 5.75 Å². The molecule has 0 saturated carbocycles. The van der Waals surface area contributed by atoms with Crippen molar-refractivity contribution in [1.29, 1.82) is 0 Å². The third kappa shape index (κ3) is 4.03. The van der Waals surface area contributed by atoms with E-state index >= 15 is 0 Å². The van der Waals surface area contributed by atoms with E-state index in [-0.39, 0.29) is 19.1 Å². The van der Waals surface area contributed by atoms with E-state index in [2.05, 4.69) is 5.32 Å². The molecule has 0 unspecified atom stereocenters. The zero-order valence-electron chi connectivity index (χ0n) is 14.6. The number of fused-ring (bicyclic) bond motifs is 1. The number of hydrogen-bond acceptors (Lipinski definition) is 5. The van der Waals surface area contributed by atoms with Gasteiger partial charge in [-0.1, -0.05) is 30.3 Å². The molecular formula is C20H19NO4S. The van der Waals surface area contributed by atoms with Gasteiger partial charge in [-0.2, -0.15) is 0 Å². The number of amides is 1. The highest BCUT2D eigenvalue weighted by Crippen LogP contribution is 2.36. The predicted molar refractivity (Wildman–Crippen MR) is 103 cm³/mol. The number of aryl methyl sites for hydroxylation is 1. The Balaban J connectivity index is 1.78. The van der Waals surface area contributed by atoms with Gasteiger partial charge in [0.05, 0.1) is 6.61 Å². The fourth-order valence-electron chi connectivity index (χ4n) is 2.56. The number of esters is 1. The Bertz CT molecular complexity index is 948. The van der Waals surface area contributed by atoms with Crippen molar-refractivity contribution >= 4 is 38.3 Å². The molecule has 1 aromatic heterocycles. The fraction of sp³-hybridized carbons (Fsp3) is 0.200. The van der Waals surface area contributed by atoms with E-state index in [4.69, 9.17) is 9.47 Å². The van der Waals surface area contributed by atoms with Gasteiger partial charge in [0.1, 0.15) is 16.3 Å². The third-order valence-corrected chi connectivity index (χ3v) is 4.77. The summed E-state index contributed by atoms with van der Waals surface area (Å²) in [6.07, 6.45) is 0. The minimum absolute atomic E-state index is 0.139. The average molecular weight is 369 g/mol. The van der Waals surface area contributed by atoms with Crippen LogP contribution in [0.3, 0.4) is 0 Å². The second-order valence-electron chi connectivity index (χ2n) is 5.68. The highest BCUT2D eigenvalue weighted by molar-refractivity contribution is 7.23. The lowest BCUT2D eigenvalue weighted by Gasteiger charge is -2.08. The molecule has 6 heteroatoms. The van der Waals surface area contributed by atoms with Gasteiger partial charge in [-0.15, -0.1) is 11.3 Å². The standard InChI is InChI=1S/C20H19NO4S/c1-3-24-20(23)18-15-9-4-5-10-16(15)26-19(18)21-17(22)12-25-14-8-6-7-13(2)11-14/h4-11H,3,12H2,1-2H3,(H,21,22). The molecule has 0 fully saturated rings. The molecule has 1 amide bonds. The summed E-state index contributed by atoms with van der Waals surface area (Å²) in [5, 5.41) is 4.02. The summed E-state index contributed by atoms with van der Waals surface area (Å²) in [7, 11) is 0. The van der Waals surface area contributed by atoms with E-state index in [1.165, 1.54) is 11.3 Å². The maximum atomic E-state index is 12.3. The first-order valence-corrected chi connectivity index (χ1v) is 9.08. The highest BCUT2D eigenvalue weighted by atomic mass is 32.1. The number of carbonyl (C=O) groups excluding carboxylic acids is 2. The number of ether oxygens (including phenoxy) is 2. The third-order valence-electron chi connectivity index (χ3n) is 3.69. The Morgan fingerprint density at radius 3 is 2.69 bits per heavy atom. The van der Waals surface area contributed by atoms with Gasteiger partial charge in [0, 0.05) is 10.1 Å². The molecule has 0 aliphatic carbocycles. The molecule has 0 radical (unpaired) electrons. The van der Waals surface area contributed by atoms with E-state index in [1.807, 2.05) is 49.4 Å². The van der Waals surface area contributed by atoms with E-state index in [9.17, 15) is 9.59 Å². The molecular weight excluding hydrogens is 350 g/mol. The maximum Gasteiger partial charge on any atom is 0.341 e. The molecule has 0 bridgehead atoms. The molecule has 3 rings (SSSR count). The van der Waals surface area contributed by atoms with Gasteiger partial charge in [0.25, 0.3) is 5.91 Å². The van der Waals surface area contributed by atoms with Crippen LogP contribution in [0.2, 0.25) is 0 Å². The van der Waals surface area contributed by atoms with Crippen LogP contribution in [0.25, 0.3) is 10.1 Å². The number of benzene rings is 2. The number of hydrogen-bond donors (Lipinski definition) is 1. The molecule has 26 heavy (non-hydrogen) atoms. The number of carbonyl (C=O) groups is 2. The van der Waals surface area contributed by atoms with Crippen molar-refractivity contribution in [2.75, 3.05) is 18.5 Å². The molecule has 1 N–H and O–H groups in total. The second kappa shape index (κ2) is 8.01. The minimum atomic E-state index is -0.445. The summed E-state index contributed by atoms with van der Waals surface area (Å²) < 4.78 is 11.6. The molecule has 1 heterocycles. The Morgan fingerprint density at radius 1 is 1.12 bits per heavy atom. The number of anilines is 1. The Morgan fingerprint density at radius 2 is 1.92 bits per heavy atom. The second-order valence-corrected chi connectivity index (χ2v) is 6.73. The summed E-state index contributed by atoms with van der Waals surface area (Å²) in [5.74, 6) is -0.148. The van der Waals surface area contributed by atoms with Crippen molar-refractivity contribution in [2.45, 2.75) is 13.8 Å². The van der Waals surface area contributed by atoms with Crippen molar-refractivity contribution in [3.63, 3.8) is 0 Å². The van der Waals surface area contributed by atoms with Crippen molar-refractivity contribution in [1.82, 2.24) is 0 Å². The zero-order chi connectivity index (χ0) is 18.5. The maximum absolute atomic E-state index is 12.3. The number of nitrogens with one attached hydrogen (secondary N) is 1. The average Bonchev–Trinajstić information content (AvgIpc) is 2.98. The summed E-state index contributed by atoms with van der Waals surface area (Å²) in [6.45, 7) is 3.84.